The van der Waals surface area contributed by atoms with E-state index in [9.17, 15) is 0 Å². The van der Waals surface area contributed by atoms with Crippen LogP contribution in [0.15, 0.2) is 54.6 Å². The molecule has 2 N–H and O–H groups in total. The first-order valence-electron chi connectivity index (χ1n) is 6.22. The first-order chi connectivity index (χ1) is 9.33. The molecule has 19 heavy (non-hydrogen) atoms. The molecule has 1 unspecified atom stereocenters. The summed E-state index contributed by atoms with van der Waals surface area (Å²) in [7, 11) is 0. The summed E-state index contributed by atoms with van der Waals surface area (Å²) < 4.78 is 0. The van der Waals surface area contributed by atoms with Crippen molar-refractivity contribution >= 4 is 11.0 Å². The van der Waals surface area contributed by atoms with Gasteiger partial charge >= 0.3 is 0 Å². The zero-order chi connectivity index (χ0) is 13.1. The number of benzene rings is 2. The Labute approximate surface area is 111 Å². The van der Waals surface area contributed by atoms with Gasteiger partial charge < -0.3 is 5.73 Å². The van der Waals surface area contributed by atoms with Crippen LogP contribution in [0.2, 0.25) is 0 Å². The van der Waals surface area contributed by atoms with E-state index in [2.05, 4.69) is 15.2 Å². The van der Waals surface area contributed by atoms with Crippen LogP contribution in [0.5, 0.6) is 0 Å². The molecule has 1 heterocycles. The number of nitrogens with two attached hydrogens (primary N) is 1. The van der Waals surface area contributed by atoms with Gasteiger partial charge in [0.15, 0.2) is 5.82 Å². The highest BCUT2D eigenvalue weighted by molar-refractivity contribution is 5.72. The molecule has 1 aromatic heterocycles. The van der Waals surface area contributed by atoms with Crippen molar-refractivity contribution in [3.8, 4) is 0 Å². The molecule has 3 aromatic rings. The third-order valence-corrected chi connectivity index (χ3v) is 3.01. The summed E-state index contributed by atoms with van der Waals surface area (Å²) in [5.41, 5.74) is 8.95. The Morgan fingerprint density at radius 1 is 0.842 bits per heavy atom. The molecule has 0 radical (unpaired) electrons. The molecule has 0 amide bonds. The van der Waals surface area contributed by atoms with Crippen molar-refractivity contribution in [3.63, 3.8) is 0 Å². The SMILES string of the molecule is NC(Cc1ccccc1)c1nnc2ccccc2n1. The normalized spacial score (nSPS) is 12.5. The van der Waals surface area contributed by atoms with Crippen molar-refractivity contribution in [2.24, 2.45) is 5.73 Å². The molecule has 0 fully saturated rings. The summed E-state index contributed by atoms with van der Waals surface area (Å²) in [6.45, 7) is 0. The van der Waals surface area contributed by atoms with Crippen LogP contribution in [-0.2, 0) is 6.42 Å². The topological polar surface area (TPSA) is 64.7 Å². The second kappa shape index (κ2) is 5.12. The molecule has 0 spiro atoms. The van der Waals surface area contributed by atoms with Gasteiger partial charge in [-0.05, 0) is 24.1 Å². The molecule has 4 heteroatoms. The van der Waals surface area contributed by atoms with Gasteiger partial charge in [0.05, 0.1) is 11.6 Å². The van der Waals surface area contributed by atoms with E-state index in [0.717, 1.165) is 11.0 Å². The second-order valence-electron chi connectivity index (χ2n) is 4.45. The number of rotatable bonds is 3. The molecule has 0 aliphatic carbocycles. The first-order valence-corrected chi connectivity index (χ1v) is 6.22. The molecule has 0 aliphatic rings. The van der Waals surface area contributed by atoms with Crippen molar-refractivity contribution < 1.29 is 0 Å². The number of hydrogen-bond acceptors (Lipinski definition) is 4. The van der Waals surface area contributed by atoms with Crippen molar-refractivity contribution in [1.29, 1.82) is 0 Å². The summed E-state index contributed by atoms with van der Waals surface area (Å²) in [5.74, 6) is 0.586. The fourth-order valence-corrected chi connectivity index (χ4v) is 2.01. The lowest BCUT2D eigenvalue weighted by atomic mass is 10.1. The number of nitrogens with zero attached hydrogens (tertiary/aromatic N) is 3. The quantitative estimate of drug-likeness (QED) is 0.774. The highest BCUT2D eigenvalue weighted by Gasteiger charge is 2.11. The number of hydrogen-bond donors (Lipinski definition) is 1. The Balaban J connectivity index is 1.87. The van der Waals surface area contributed by atoms with Crippen LogP contribution in [0.3, 0.4) is 0 Å². The molecule has 0 bridgehead atoms. The predicted molar refractivity (Wildman–Crippen MR) is 74.4 cm³/mol. The van der Waals surface area contributed by atoms with E-state index in [0.29, 0.717) is 12.2 Å². The Kier molecular flexibility index (Phi) is 3.16. The summed E-state index contributed by atoms with van der Waals surface area (Å²) in [6.07, 6.45) is 0.709. The van der Waals surface area contributed by atoms with E-state index in [1.807, 2.05) is 54.6 Å². The van der Waals surface area contributed by atoms with Crippen molar-refractivity contribution in [2.45, 2.75) is 12.5 Å². The summed E-state index contributed by atoms with van der Waals surface area (Å²) in [5, 5.41) is 8.27. The average Bonchev–Trinajstić information content (AvgIpc) is 2.48. The maximum atomic E-state index is 6.15. The molecular weight excluding hydrogens is 236 g/mol. The van der Waals surface area contributed by atoms with E-state index in [4.69, 9.17) is 5.73 Å². The number of aromatic nitrogens is 3. The van der Waals surface area contributed by atoms with Gasteiger partial charge in [0.2, 0.25) is 0 Å². The molecule has 3 rings (SSSR count). The van der Waals surface area contributed by atoms with E-state index >= 15 is 0 Å². The van der Waals surface area contributed by atoms with E-state index in [1.54, 1.807) is 0 Å². The van der Waals surface area contributed by atoms with Gasteiger partial charge in [-0.1, -0.05) is 42.5 Å². The fourth-order valence-electron chi connectivity index (χ4n) is 2.01. The van der Waals surface area contributed by atoms with Crippen LogP contribution in [-0.4, -0.2) is 15.2 Å². The maximum absolute atomic E-state index is 6.15. The second-order valence-corrected chi connectivity index (χ2v) is 4.45. The van der Waals surface area contributed by atoms with E-state index < -0.39 is 0 Å². The van der Waals surface area contributed by atoms with Crippen molar-refractivity contribution in [3.05, 3.63) is 66.0 Å². The van der Waals surface area contributed by atoms with Crippen LogP contribution in [0, 0.1) is 0 Å². The monoisotopic (exact) mass is 250 g/mol. The minimum Gasteiger partial charge on any atom is -0.321 e. The number of fused-ring (bicyclic) bond motifs is 1. The molecular formula is C15H14N4. The minimum atomic E-state index is -0.237. The van der Waals surface area contributed by atoms with Crippen LogP contribution in [0.25, 0.3) is 11.0 Å². The van der Waals surface area contributed by atoms with Crippen molar-refractivity contribution in [1.82, 2.24) is 15.2 Å². The largest absolute Gasteiger partial charge is 0.321 e. The highest BCUT2D eigenvalue weighted by Crippen LogP contribution is 2.14. The van der Waals surface area contributed by atoms with Crippen LogP contribution >= 0.6 is 0 Å². The minimum absolute atomic E-state index is 0.237. The first kappa shape index (κ1) is 11.7. The lowest BCUT2D eigenvalue weighted by molar-refractivity contribution is 0.655. The van der Waals surface area contributed by atoms with Gasteiger partial charge in [-0.15, -0.1) is 10.2 Å². The standard InChI is InChI=1S/C15H14N4/c16-12(10-11-6-2-1-3-7-11)15-17-13-8-4-5-9-14(13)18-19-15/h1-9,12H,10,16H2. The molecule has 94 valence electrons. The van der Waals surface area contributed by atoms with Gasteiger partial charge in [0.1, 0.15) is 5.52 Å². The number of para-hydroxylation sites is 1. The Morgan fingerprint density at radius 2 is 1.53 bits per heavy atom. The average molecular weight is 250 g/mol. The molecule has 0 saturated carbocycles. The lowest BCUT2D eigenvalue weighted by Gasteiger charge is -2.10. The fraction of sp³-hybridized carbons (Fsp3) is 0.133. The molecule has 4 nitrogen and oxygen atoms in total. The lowest BCUT2D eigenvalue weighted by Crippen LogP contribution is -2.17. The summed E-state index contributed by atoms with van der Waals surface area (Å²) in [6, 6.07) is 17.5. The van der Waals surface area contributed by atoms with Crippen LogP contribution in [0.1, 0.15) is 17.4 Å². The predicted octanol–water partition coefficient (Wildman–Crippen LogP) is 2.27. The smallest absolute Gasteiger partial charge is 0.168 e. The van der Waals surface area contributed by atoms with Gasteiger partial charge in [-0.2, -0.15) is 0 Å². The molecule has 0 saturated heterocycles. The Morgan fingerprint density at radius 3 is 2.32 bits per heavy atom. The summed E-state index contributed by atoms with van der Waals surface area (Å²) >= 11 is 0. The third kappa shape index (κ3) is 2.58. The zero-order valence-corrected chi connectivity index (χ0v) is 10.4. The molecule has 2 aromatic carbocycles. The van der Waals surface area contributed by atoms with Crippen LogP contribution < -0.4 is 5.73 Å². The van der Waals surface area contributed by atoms with Crippen molar-refractivity contribution in [2.75, 3.05) is 0 Å². The highest BCUT2D eigenvalue weighted by atomic mass is 15.2. The van der Waals surface area contributed by atoms with Gasteiger partial charge in [0.25, 0.3) is 0 Å². The Hall–Kier alpha value is -2.33. The molecule has 0 aliphatic heterocycles. The maximum Gasteiger partial charge on any atom is 0.168 e. The van der Waals surface area contributed by atoms with E-state index in [1.165, 1.54) is 5.56 Å². The molecule has 1 atom stereocenters. The van der Waals surface area contributed by atoms with Gasteiger partial charge in [-0.3, -0.25) is 0 Å². The van der Waals surface area contributed by atoms with E-state index in [-0.39, 0.29) is 6.04 Å². The Bertz CT molecular complexity index is 682. The summed E-state index contributed by atoms with van der Waals surface area (Å²) in [4.78, 5) is 4.47. The third-order valence-electron chi connectivity index (χ3n) is 3.01. The van der Waals surface area contributed by atoms with Gasteiger partial charge in [-0.25, -0.2) is 4.98 Å². The zero-order valence-electron chi connectivity index (χ0n) is 10.4. The van der Waals surface area contributed by atoms with Gasteiger partial charge in [0, 0.05) is 0 Å². The van der Waals surface area contributed by atoms with Crippen LogP contribution in [0.4, 0.5) is 0 Å².